The third kappa shape index (κ3) is 3.58. The summed E-state index contributed by atoms with van der Waals surface area (Å²) in [6.45, 7) is 0.182. The van der Waals surface area contributed by atoms with Gasteiger partial charge >= 0.3 is 0 Å². The summed E-state index contributed by atoms with van der Waals surface area (Å²) in [5.74, 6) is 0.0398. The molecule has 0 aliphatic rings. The summed E-state index contributed by atoms with van der Waals surface area (Å²) in [6.07, 6.45) is 0. The third-order valence-electron chi connectivity index (χ3n) is 3.16. The number of sulfonamides is 1. The molecule has 0 aliphatic heterocycles. The van der Waals surface area contributed by atoms with Gasteiger partial charge in [0, 0.05) is 13.6 Å². The fourth-order valence-corrected chi connectivity index (χ4v) is 3.32. The minimum absolute atomic E-state index is 0.0464. The van der Waals surface area contributed by atoms with Gasteiger partial charge in [-0.25, -0.2) is 12.8 Å². The molecule has 0 fully saturated rings. The second-order valence-electron chi connectivity index (χ2n) is 4.69. The van der Waals surface area contributed by atoms with Crippen molar-refractivity contribution in [3.63, 3.8) is 0 Å². The second-order valence-corrected chi connectivity index (χ2v) is 7.14. The SMILES string of the molecule is COc1ccc(CN(C)S(=O)(=O)c2ccc(F)c(Cl)c2)cc1. The maximum Gasteiger partial charge on any atom is 0.243 e. The fourth-order valence-electron chi connectivity index (χ4n) is 1.89. The first-order valence-electron chi connectivity index (χ1n) is 6.39. The van der Waals surface area contributed by atoms with Crippen LogP contribution >= 0.6 is 11.6 Å². The van der Waals surface area contributed by atoms with Gasteiger partial charge in [0.2, 0.25) is 10.0 Å². The number of ether oxygens (including phenoxy) is 1. The van der Waals surface area contributed by atoms with Crippen molar-refractivity contribution in [2.24, 2.45) is 0 Å². The summed E-state index contributed by atoms with van der Waals surface area (Å²) < 4.78 is 44.3. The van der Waals surface area contributed by atoms with Gasteiger partial charge < -0.3 is 4.74 Å². The van der Waals surface area contributed by atoms with E-state index in [0.717, 1.165) is 17.7 Å². The average molecular weight is 344 g/mol. The zero-order valence-electron chi connectivity index (χ0n) is 12.1. The van der Waals surface area contributed by atoms with Crippen molar-refractivity contribution in [1.29, 1.82) is 0 Å². The van der Waals surface area contributed by atoms with E-state index in [1.807, 2.05) is 0 Å². The molecule has 0 heterocycles. The van der Waals surface area contributed by atoms with Crippen LogP contribution in [0, 0.1) is 5.82 Å². The Morgan fingerprint density at radius 2 is 1.82 bits per heavy atom. The molecule has 0 N–H and O–H groups in total. The number of methoxy groups -OCH3 is 1. The molecule has 0 saturated heterocycles. The molecule has 0 aromatic heterocycles. The van der Waals surface area contributed by atoms with Gasteiger partial charge in [0.1, 0.15) is 11.6 Å². The van der Waals surface area contributed by atoms with Crippen LogP contribution in [-0.4, -0.2) is 26.9 Å². The quantitative estimate of drug-likeness (QED) is 0.836. The van der Waals surface area contributed by atoms with E-state index in [1.54, 1.807) is 31.4 Å². The largest absolute Gasteiger partial charge is 0.497 e. The predicted molar refractivity (Wildman–Crippen MR) is 83.1 cm³/mol. The van der Waals surface area contributed by atoms with Crippen LogP contribution in [0.15, 0.2) is 47.4 Å². The van der Waals surface area contributed by atoms with Crippen molar-refractivity contribution in [3.05, 3.63) is 58.9 Å². The number of rotatable bonds is 5. The van der Waals surface area contributed by atoms with Gasteiger partial charge in [-0.3, -0.25) is 0 Å². The van der Waals surface area contributed by atoms with Gasteiger partial charge in [0.15, 0.2) is 0 Å². The molecule has 0 bridgehead atoms. The first kappa shape index (κ1) is 16.7. The molecule has 0 aliphatic carbocycles. The van der Waals surface area contributed by atoms with E-state index in [2.05, 4.69) is 0 Å². The lowest BCUT2D eigenvalue weighted by Gasteiger charge is -2.17. The average Bonchev–Trinajstić information content (AvgIpc) is 2.50. The molecule has 22 heavy (non-hydrogen) atoms. The fraction of sp³-hybridized carbons (Fsp3) is 0.200. The molecule has 118 valence electrons. The monoisotopic (exact) mass is 343 g/mol. The summed E-state index contributed by atoms with van der Waals surface area (Å²) >= 11 is 5.65. The molecular formula is C15H15ClFNO3S. The topological polar surface area (TPSA) is 46.6 Å². The van der Waals surface area contributed by atoms with Crippen molar-refractivity contribution < 1.29 is 17.5 Å². The molecule has 7 heteroatoms. The van der Waals surface area contributed by atoms with E-state index in [-0.39, 0.29) is 16.5 Å². The van der Waals surface area contributed by atoms with Crippen molar-refractivity contribution in [2.45, 2.75) is 11.4 Å². The Kier molecular flexibility index (Phi) is 5.05. The van der Waals surface area contributed by atoms with Crippen LogP contribution in [-0.2, 0) is 16.6 Å². The maximum atomic E-state index is 13.2. The highest BCUT2D eigenvalue weighted by molar-refractivity contribution is 7.89. The van der Waals surface area contributed by atoms with Crippen LogP contribution in [0.1, 0.15) is 5.56 Å². The second kappa shape index (κ2) is 6.64. The highest BCUT2D eigenvalue weighted by Crippen LogP contribution is 2.23. The molecule has 0 unspecified atom stereocenters. The van der Waals surface area contributed by atoms with Crippen molar-refractivity contribution in [2.75, 3.05) is 14.2 Å². The van der Waals surface area contributed by atoms with E-state index in [9.17, 15) is 12.8 Å². The molecule has 2 aromatic rings. The number of hydrogen-bond acceptors (Lipinski definition) is 3. The highest BCUT2D eigenvalue weighted by atomic mass is 35.5. The van der Waals surface area contributed by atoms with Crippen LogP contribution < -0.4 is 4.74 Å². The molecule has 2 aromatic carbocycles. The number of hydrogen-bond donors (Lipinski definition) is 0. The van der Waals surface area contributed by atoms with E-state index < -0.39 is 15.8 Å². The van der Waals surface area contributed by atoms with Gasteiger partial charge in [0.05, 0.1) is 17.0 Å². The van der Waals surface area contributed by atoms with E-state index >= 15 is 0 Å². The smallest absolute Gasteiger partial charge is 0.243 e. The van der Waals surface area contributed by atoms with Gasteiger partial charge in [0.25, 0.3) is 0 Å². The molecule has 0 radical (unpaired) electrons. The summed E-state index contributed by atoms with van der Waals surface area (Å²) in [5.41, 5.74) is 0.806. The summed E-state index contributed by atoms with van der Waals surface area (Å²) in [6, 6.07) is 10.4. The molecule has 0 spiro atoms. The Morgan fingerprint density at radius 1 is 1.18 bits per heavy atom. The normalized spacial score (nSPS) is 11.7. The van der Waals surface area contributed by atoms with Crippen molar-refractivity contribution in [3.8, 4) is 5.75 Å². The van der Waals surface area contributed by atoms with E-state index in [1.165, 1.54) is 17.4 Å². The highest BCUT2D eigenvalue weighted by Gasteiger charge is 2.22. The molecular weight excluding hydrogens is 329 g/mol. The molecule has 0 saturated carbocycles. The Morgan fingerprint density at radius 3 is 2.36 bits per heavy atom. The Hall–Kier alpha value is -1.63. The van der Waals surface area contributed by atoms with Crippen molar-refractivity contribution >= 4 is 21.6 Å². The van der Waals surface area contributed by atoms with Crippen molar-refractivity contribution in [1.82, 2.24) is 4.31 Å². The van der Waals surface area contributed by atoms with Crippen LogP contribution in [0.3, 0.4) is 0 Å². The lowest BCUT2D eigenvalue weighted by atomic mass is 10.2. The van der Waals surface area contributed by atoms with Crippen LogP contribution in [0.2, 0.25) is 5.02 Å². The van der Waals surface area contributed by atoms with E-state index in [4.69, 9.17) is 16.3 Å². The number of benzene rings is 2. The minimum atomic E-state index is -3.74. The summed E-state index contributed by atoms with van der Waals surface area (Å²) in [4.78, 5) is -0.0464. The number of halogens is 2. The van der Waals surface area contributed by atoms with Gasteiger partial charge in [-0.15, -0.1) is 0 Å². The first-order valence-corrected chi connectivity index (χ1v) is 8.20. The Bertz CT molecular complexity index is 763. The zero-order valence-corrected chi connectivity index (χ0v) is 13.7. The molecule has 0 amide bonds. The summed E-state index contributed by atoms with van der Waals surface area (Å²) in [5, 5.41) is -0.223. The number of nitrogens with zero attached hydrogens (tertiary/aromatic N) is 1. The lowest BCUT2D eigenvalue weighted by molar-refractivity contribution is 0.414. The summed E-state index contributed by atoms with van der Waals surface area (Å²) in [7, 11) is -0.727. The van der Waals surface area contributed by atoms with E-state index in [0.29, 0.717) is 5.75 Å². The third-order valence-corrected chi connectivity index (χ3v) is 5.25. The Balaban J connectivity index is 2.22. The van der Waals surface area contributed by atoms with Crippen LogP contribution in [0.4, 0.5) is 4.39 Å². The minimum Gasteiger partial charge on any atom is -0.497 e. The van der Waals surface area contributed by atoms with Gasteiger partial charge in [-0.2, -0.15) is 4.31 Å². The lowest BCUT2D eigenvalue weighted by Crippen LogP contribution is -2.26. The Labute approximate surface area is 134 Å². The van der Waals surface area contributed by atoms with Crippen LogP contribution in [0.5, 0.6) is 5.75 Å². The predicted octanol–water partition coefficient (Wildman–Crippen LogP) is 3.31. The molecule has 4 nitrogen and oxygen atoms in total. The van der Waals surface area contributed by atoms with Gasteiger partial charge in [-0.05, 0) is 35.9 Å². The zero-order chi connectivity index (χ0) is 16.3. The maximum absolute atomic E-state index is 13.2. The van der Waals surface area contributed by atoms with Gasteiger partial charge in [-0.1, -0.05) is 23.7 Å². The molecule has 2 rings (SSSR count). The first-order chi connectivity index (χ1) is 10.3. The standard InChI is InChI=1S/C15H15ClFNO3S/c1-18(10-11-3-5-12(21-2)6-4-11)22(19,20)13-7-8-15(17)14(16)9-13/h3-9H,10H2,1-2H3. The van der Waals surface area contributed by atoms with Crippen LogP contribution in [0.25, 0.3) is 0 Å². The molecule has 0 atom stereocenters.